The van der Waals surface area contributed by atoms with Gasteiger partial charge in [0.25, 0.3) is 0 Å². The molecule has 0 saturated carbocycles. The molecule has 0 aliphatic carbocycles. The van der Waals surface area contributed by atoms with Crippen LogP contribution in [0.4, 0.5) is 0 Å². The van der Waals surface area contributed by atoms with Crippen LogP contribution >= 0.6 is 0 Å². The number of nitrogens with two attached hydrogens (primary N) is 1. The highest BCUT2D eigenvalue weighted by atomic mass is 16.5. The van der Waals surface area contributed by atoms with E-state index in [2.05, 4.69) is 39.8 Å². The van der Waals surface area contributed by atoms with Gasteiger partial charge in [0.15, 0.2) is 0 Å². The van der Waals surface area contributed by atoms with E-state index in [0.29, 0.717) is 12.5 Å². The van der Waals surface area contributed by atoms with Gasteiger partial charge in [0.05, 0.1) is 6.61 Å². The van der Waals surface area contributed by atoms with Crippen LogP contribution in [0.1, 0.15) is 49.8 Å². The van der Waals surface area contributed by atoms with E-state index >= 15 is 0 Å². The molecule has 1 aromatic carbocycles. The minimum absolute atomic E-state index is 0.515. The lowest BCUT2D eigenvalue weighted by molar-refractivity contribution is 0.315. The van der Waals surface area contributed by atoms with Gasteiger partial charge in [0, 0.05) is 0 Å². The molecule has 0 bridgehead atoms. The van der Waals surface area contributed by atoms with Crippen molar-refractivity contribution in [3.8, 4) is 5.75 Å². The van der Waals surface area contributed by atoms with E-state index in [9.17, 15) is 0 Å². The summed E-state index contributed by atoms with van der Waals surface area (Å²) in [4.78, 5) is 0. The quantitative estimate of drug-likeness (QED) is 0.820. The van der Waals surface area contributed by atoms with Crippen molar-refractivity contribution in [3.63, 3.8) is 0 Å². The van der Waals surface area contributed by atoms with Crippen LogP contribution in [0.2, 0.25) is 0 Å². The highest BCUT2D eigenvalue weighted by Crippen LogP contribution is 2.28. The molecule has 0 aromatic heterocycles. The van der Waals surface area contributed by atoms with Crippen molar-refractivity contribution in [2.45, 2.75) is 46.5 Å². The van der Waals surface area contributed by atoms with Gasteiger partial charge in [-0.2, -0.15) is 0 Å². The van der Waals surface area contributed by atoms with Crippen molar-refractivity contribution in [3.05, 3.63) is 28.8 Å². The fourth-order valence-electron chi connectivity index (χ4n) is 2.04. The Morgan fingerprint density at radius 1 is 1.29 bits per heavy atom. The molecule has 96 valence electrons. The lowest BCUT2D eigenvalue weighted by atomic mass is 9.93. The zero-order chi connectivity index (χ0) is 12.8. The maximum absolute atomic E-state index is 5.78. The number of ether oxygens (including phenoxy) is 1. The monoisotopic (exact) mass is 235 g/mol. The number of hydrogen-bond donors (Lipinski definition) is 1. The largest absolute Gasteiger partial charge is 0.493 e. The summed E-state index contributed by atoms with van der Waals surface area (Å²) in [5, 5.41) is 0. The van der Waals surface area contributed by atoms with Gasteiger partial charge in [-0.15, -0.1) is 0 Å². The summed E-state index contributed by atoms with van der Waals surface area (Å²) in [6, 6.07) is 4.42. The van der Waals surface area contributed by atoms with Gasteiger partial charge in [0.2, 0.25) is 0 Å². The summed E-state index contributed by atoms with van der Waals surface area (Å²) in [6.07, 6.45) is 1.99. The maximum atomic E-state index is 5.78. The average molecular weight is 235 g/mol. The topological polar surface area (TPSA) is 35.2 Å². The number of benzene rings is 1. The van der Waals surface area contributed by atoms with Crippen LogP contribution in [0.5, 0.6) is 5.75 Å². The highest BCUT2D eigenvalue weighted by Gasteiger charge is 2.10. The van der Waals surface area contributed by atoms with E-state index in [1.807, 2.05) is 0 Å². The third-order valence-corrected chi connectivity index (χ3v) is 2.93. The Morgan fingerprint density at radius 2 is 2.00 bits per heavy atom. The maximum Gasteiger partial charge on any atom is 0.122 e. The highest BCUT2D eigenvalue weighted by molar-refractivity contribution is 5.43. The first-order chi connectivity index (χ1) is 8.10. The van der Waals surface area contributed by atoms with E-state index < -0.39 is 0 Å². The SMILES string of the molecule is CCCOc1cc(C(C)C)c(CCN)cc1C. The van der Waals surface area contributed by atoms with Crippen molar-refractivity contribution < 1.29 is 4.74 Å². The van der Waals surface area contributed by atoms with Crippen LogP contribution in [-0.4, -0.2) is 13.2 Å². The van der Waals surface area contributed by atoms with Crippen LogP contribution in [0.25, 0.3) is 0 Å². The second kappa shape index (κ2) is 6.65. The predicted octanol–water partition coefficient (Wildman–Crippen LogP) is 3.41. The Balaban J connectivity index is 3.05. The molecule has 0 aliphatic heterocycles. The van der Waals surface area contributed by atoms with E-state index in [4.69, 9.17) is 10.5 Å². The standard InChI is InChI=1S/C15H25NO/c1-5-8-17-15-10-14(11(2)3)13(6-7-16)9-12(15)4/h9-11H,5-8,16H2,1-4H3. The lowest BCUT2D eigenvalue weighted by Crippen LogP contribution is -2.08. The summed E-state index contributed by atoms with van der Waals surface area (Å²) in [6.45, 7) is 10.2. The molecular formula is C15H25NO. The Bertz CT molecular complexity index is 358. The van der Waals surface area contributed by atoms with Gasteiger partial charge in [0.1, 0.15) is 5.75 Å². The fourth-order valence-corrected chi connectivity index (χ4v) is 2.04. The zero-order valence-corrected chi connectivity index (χ0v) is 11.5. The van der Waals surface area contributed by atoms with Crippen LogP contribution in [0.15, 0.2) is 12.1 Å². The molecule has 0 aliphatic rings. The summed E-state index contributed by atoms with van der Waals surface area (Å²) in [5.74, 6) is 1.54. The summed E-state index contributed by atoms with van der Waals surface area (Å²) in [5.41, 5.74) is 9.61. The van der Waals surface area contributed by atoms with Gasteiger partial charge < -0.3 is 10.5 Å². The normalized spacial score (nSPS) is 10.9. The zero-order valence-electron chi connectivity index (χ0n) is 11.5. The van der Waals surface area contributed by atoms with Gasteiger partial charge in [-0.3, -0.25) is 0 Å². The van der Waals surface area contributed by atoms with Crippen molar-refractivity contribution in [1.29, 1.82) is 0 Å². The fraction of sp³-hybridized carbons (Fsp3) is 0.600. The molecule has 2 N–H and O–H groups in total. The molecule has 0 radical (unpaired) electrons. The predicted molar refractivity (Wildman–Crippen MR) is 73.8 cm³/mol. The molecule has 0 fully saturated rings. The molecular weight excluding hydrogens is 210 g/mol. The van der Waals surface area contributed by atoms with Gasteiger partial charge in [-0.05, 0) is 55.0 Å². The number of aryl methyl sites for hydroxylation is 1. The van der Waals surface area contributed by atoms with Crippen molar-refractivity contribution >= 4 is 0 Å². The van der Waals surface area contributed by atoms with E-state index in [1.54, 1.807) is 0 Å². The number of rotatable bonds is 6. The summed E-state index contributed by atoms with van der Waals surface area (Å²) < 4.78 is 5.78. The Morgan fingerprint density at radius 3 is 2.53 bits per heavy atom. The molecule has 0 unspecified atom stereocenters. The molecule has 0 heterocycles. The third kappa shape index (κ3) is 3.74. The molecule has 0 atom stereocenters. The molecule has 0 amide bonds. The molecule has 0 spiro atoms. The lowest BCUT2D eigenvalue weighted by Gasteiger charge is -2.17. The van der Waals surface area contributed by atoms with Crippen molar-refractivity contribution in [1.82, 2.24) is 0 Å². The first-order valence-corrected chi connectivity index (χ1v) is 6.56. The van der Waals surface area contributed by atoms with Crippen molar-refractivity contribution in [2.24, 2.45) is 5.73 Å². The molecule has 1 rings (SSSR count). The summed E-state index contributed by atoms with van der Waals surface area (Å²) >= 11 is 0. The first kappa shape index (κ1) is 14.0. The third-order valence-electron chi connectivity index (χ3n) is 2.93. The smallest absolute Gasteiger partial charge is 0.122 e. The second-order valence-corrected chi connectivity index (χ2v) is 4.86. The van der Waals surface area contributed by atoms with Crippen LogP contribution in [0, 0.1) is 6.92 Å². The molecule has 17 heavy (non-hydrogen) atoms. The minimum atomic E-state index is 0.515. The molecule has 2 heteroatoms. The Hall–Kier alpha value is -1.02. The molecule has 1 aromatic rings. The van der Waals surface area contributed by atoms with E-state index in [0.717, 1.165) is 25.2 Å². The molecule has 2 nitrogen and oxygen atoms in total. The minimum Gasteiger partial charge on any atom is -0.493 e. The van der Waals surface area contributed by atoms with Crippen molar-refractivity contribution in [2.75, 3.05) is 13.2 Å². The second-order valence-electron chi connectivity index (χ2n) is 4.86. The van der Waals surface area contributed by atoms with Crippen LogP contribution in [-0.2, 0) is 6.42 Å². The Kier molecular flexibility index (Phi) is 5.49. The average Bonchev–Trinajstić information content (AvgIpc) is 2.28. The van der Waals surface area contributed by atoms with Crippen LogP contribution in [0.3, 0.4) is 0 Å². The summed E-state index contributed by atoms with van der Waals surface area (Å²) in [7, 11) is 0. The first-order valence-electron chi connectivity index (χ1n) is 6.56. The number of hydrogen-bond acceptors (Lipinski definition) is 2. The molecule has 0 saturated heterocycles. The Labute approximate surface area is 105 Å². The van der Waals surface area contributed by atoms with E-state index in [1.165, 1.54) is 16.7 Å². The van der Waals surface area contributed by atoms with Gasteiger partial charge in [-0.25, -0.2) is 0 Å². The van der Waals surface area contributed by atoms with Gasteiger partial charge in [-0.1, -0.05) is 26.8 Å². The van der Waals surface area contributed by atoms with E-state index in [-0.39, 0.29) is 0 Å². The van der Waals surface area contributed by atoms with Gasteiger partial charge >= 0.3 is 0 Å². The van der Waals surface area contributed by atoms with Crippen LogP contribution < -0.4 is 10.5 Å².